The van der Waals surface area contributed by atoms with Gasteiger partial charge < -0.3 is 11.1 Å². The standard InChI is InChI=1S/C20H16ClFN2OS/c21-17-12-15(9-10-18(17)22)24-20(25)19(13-5-2-1-3-6-13)26-16-8-4-7-14(23)11-16/h1-12,19H,23H2,(H,24,25). The summed E-state index contributed by atoms with van der Waals surface area (Å²) in [6, 6.07) is 20.9. The van der Waals surface area contributed by atoms with Crippen molar-refractivity contribution in [2.45, 2.75) is 10.1 Å². The predicted octanol–water partition coefficient (Wildman–Crippen LogP) is 5.53. The Kier molecular flexibility index (Phi) is 5.81. The van der Waals surface area contributed by atoms with Gasteiger partial charge in [-0.3, -0.25) is 4.79 Å². The van der Waals surface area contributed by atoms with Gasteiger partial charge >= 0.3 is 0 Å². The van der Waals surface area contributed by atoms with Crippen LogP contribution in [-0.4, -0.2) is 5.91 Å². The fraction of sp³-hybridized carbons (Fsp3) is 0.0500. The summed E-state index contributed by atoms with van der Waals surface area (Å²) < 4.78 is 13.3. The van der Waals surface area contributed by atoms with E-state index in [1.54, 1.807) is 6.07 Å². The molecule has 0 heterocycles. The topological polar surface area (TPSA) is 55.1 Å². The number of benzene rings is 3. The fourth-order valence-electron chi connectivity index (χ4n) is 2.41. The summed E-state index contributed by atoms with van der Waals surface area (Å²) >= 11 is 7.19. The van der Waals surface area contributed by atoms with Gasteiger partial charge in [0.1, 0.15) is 11.1 Å². The zero-order valence-electron chi connectivity index (χ0n) is 13.7. The van der Waals surface area contributed by atoms with Crippen molar-refractivity contribution in [3.05, 3.63) is 89.2 Å². The lowest BCUT2D eigenvalue weighted by Gasteiger charge is -2.17. The highest BCUT2D eigenvalue weighted by Crippen LogP contribution is 2.37. The van der Waals surface area contributed by atoms with Crippen LogP contribution in [0.4, 0.5) is 15.8 Å². The van der Waals surface area contributed by atoms with E-state index in [1.807, 2.05) is 48.5 Å². The summed E-state index contributed by atoms with van der Waals surface area (Å²) in [5.74, 6) is -0.760. The van der Waals surface area contributed by atoms with E-state index in [1.165, 1.54) is 30.0 Å². The second kappa shape index (κ2) is 8.25. The van der Waals surface area contributed by atoms with E-state index in [0.29, 0.717) is 11.4 Å². The fourth-order valence-corrected chi connectivity index (χ4v) is 3.68. The van der Waals surface area contributed by atoms with Gasteiger partial charge in [0.25, 0.3) is 0 Å². The molecule has 0 saturated carbocycles. The zero-order valence-corrected chi connectivity index (χ0v) is 15.2. The number of nitrogens with one attached hydrogen (secondary N) is 1. The largest absolute Gasteiger partial charge is 0.399 e. The predicted molar refractivity (Wildman–Crippen MR) is 106 cm³/mol. The Bertz CT molecular complexity index is 921. The Morgan fingerprint density at radius 1 is 1.04 bits per heavy atom. The first-order chi connectivity index (χ1) is 12.5. The lowest BCUT2D eigenvalue weighted by Crippen LogP contribution is -2.19. The van der Waals surface area contributed by atoms with Crippen molar-refractivity contribution in [3.63, 3.8) is 0 Å². The molecule has 0 spiro atoms. The van der Waals surface area contributed by atoms with Crippen LogP contribution in [0.1, 0.15) is 10.8 Å². The molecule has 0 radical (unpaired) electrons. The molecule has 1 atom stereocenters. The van der Waals surface area contributed by atoms with E-state index >= 15 is 0 Å². The molecule has 6 heteroatoms. The third-order valence-electron chi connectivity index (χ3n) is 3.64. The summed E-state index contributed by atoms with van der Waals surface area (Å²) in [7, 11) is 0. The van der Waals surface area contributed by atoms with Crippen molar-refractivity contribution in [2.24, 2.45) is 0 Å². The number of rotatable bonds is 5. The molecule has 0 fully saturated rings. The van der Waals surface area contributed by atoms with Crippen molar-refractivity contribution in [1.29, 1.82) is 0 Å². The van der Waals surface area contributed by atoms with Crippen LogP contribution in [0, 0.1) is 5.82 Å². The molecule has 0 bridgehead atoms. The molecule has 3 nitrogen and oxygen atoms in total. The van der Waals surface area contributed by atoms with Gasteiger partial charge in [-0.05, 0) is 42.0 Å². The molecule has 0 aliphatic heterocycles. The lowest BCUT2D eigenvalue weighted by molar-refractivity contribution is -0.115. The molecule has 3 N–H and O–H groups in total. The summed E-state index contributed by atoms with van der Waals surface area (Å²) in [6.07, 6.45) is 0. The van der Waals surface area contributed by atoms with Crippen LogP contribution in [0.2, 0.25) is 5.02 Å². The van der Waals surface area contributed by atoms with E-state index < -0.39 is 11.1 Å². The molecule has 26 heavy (non-hydrogen) atoms. The molecule has 3 aromatic rings. The quantitative estimate of drug-likeness (QED) is 0.447. The number of hydrogen-bond acceptors (Lipinski definition) is 3. The lowest BCUT2D eigenvalue weighted by atomic mass is 10.1. The minimum atomic E-state index is -0.529. The summed E-state index contributed by atoms with van der Waals surface area (Å²) in [6.45, 7) is 0. The van der Waals surface area contributed by atoms with Gasteiger partial charge in [0, 0.05) is 16.3 Å². The molecule has 0 saturated heterocycles. The highest BCUT2D eigenvalue weighted by atomic mass is 35.5. The Balaban J connectivity index is 1.87. The first-order valence-electron chi connectivity index (χ1n) is 7.86. The highest BCUT2D eigenvalue weighted by molar-refractivity contribution is 8.00. The first kappa shape index (κ1) is 18.3. The second-order valence-electron chi connectivity index (χ2n) is 5.60. The molecule has 1 amide bonds. The Morgan fingerprint density at radius 3 is 2.50 bits per heavy atom. The maximum Gasteiger partial charge on any atom is 0.242 e. The number of hydrogen-bond donors (Lipinski definition) is 2. The average Bonchev–Trinajstić information content (AvgIpc) is 2.63. The summed E-state index contributed by atoms with van der Waals surface area (Å²) in [5, 5.41) is 2.26. The van der Waals surface area contributed by atoms with Crippen LogP contribution in [0.15, 0.2) is 77.7 Å². The van der Waals surface area contributed by atoms with Crippen molar-refractivity contribution < 1.29 is 9.18 Å². The van der Waals surface area contributed by atoms with Crippen molar-refractivity contribution in [1.82, 2.24) is 0 Å². The van der Waals surface area contributed by atoms with Gasteiger partial charge in [-0.15, -0.1) is 11.8 Å². The van der Waals surface area contributed by atoms with Crippen LogP contribution in [0.3, 0.4) is 0 Å². The van der Waals surface area contributed by atoms with Crippen LogP contribution in [0.25, 0.3) is 0 Å². The van der Waals surface area contributed by atoms with Crippen LogP contribution in [-0.2, 0) is 4.79 Å². The summed E-state index contributed by atoms with van der Waals surface area (Å²) in [4.78, 5) is 13.8. The number of anilines is 2. The number of thioether (sulfide) groups is 1. The molecule has 0 aliphatic carbocycles. The van der Waals surface area contributed by atoms with Crippen LogP contribution >= 0.6 is 23.4 Å². The van der Waals surface area contributed by atoms with Gasteiger partial charge in [-0.1, -0.05) is 48.0 Å². The molecular weight excluding hydrogens is 371 g/mol. The molecule has 1 unspecified atom stereocenters. The number of carbonyl (C=O) groups is 1. The number of carbonyl (C=O) groups excluding carboxylic acids is 1. The van der Waals surface area contributed by atoms with E-state index in [0.717, 1.165) is 10.5 Å². The van der Waals surface area contributed by atoms with Crippen LogP contribution < -0.4 is 11.1 Å². The number of halogens is 2. The SMILES string of the molecule is Nc1cccc(SC(C(=O)Nc2ccc(F)c(Cl)c2)c2ccccc2)c1. The monoisotopic (exact) mass is 386 g/mol. The van der Waals surface area contributed by atoms with Gasteiger partial charge in [0.05, 0.1) is 5.02 Å². The van der Waals surface area contributed by atoms with Crippen molar-refractivity contribution >= 4 is 40.6 Å². The number of amides is 1. The Labute approximate surface area is 160 Å². The maximum absolute atomic E-state index is 13.3. The van der Waals surface area contributed by atoms with Gasteiger partial charge in [0.15, 0.2) is 0 Å². The van der Waals surface area contributed by atoms with Crippen molar-refractivity contribution in [3.8, 4) is 0 Å². The first-order valence-corrected chi connectivity index (χ1v) is 9.12. The van der Waals surface area contributed by atoms with E-state index in [4.69, 9.17) is 17.3 Å². The molecule has 3 aromatic carbocycles. The van der Waals surface area contributed by atoms with Crippen molar-refractivity contribution in [2.75, 3.05) is 11.1 Å². The Morgan fingerprint density at radius 2 is 1.81 bits per heavy atom. The maximum atomic E-state index is 13.3. The van der Waals surface area contributed by atoms with E-state index in [-0.39, 0.29) is 10.9 Å². The normalized spacial score (nSPS) is 11.8. The highest BCUT2D eigenvalue weighted by Gasteiger charge is 2.22. The second-order valence-corrected chi connectivity index (χ2v) is 7.18. The average molecular weight is 387 g/mol. The van der Waals surface area contributed by atoms with Crippen LogP contribution in [0.5, 0.6) is 0 Å². The minimum Gasteiger partial charge on any atom is -0.399 e. The van der Waals surface area contributed by atoms with Gasteiger partial charge in [0.2, 0.25) is 5.91 Å². The van der Waals surface area contributed by atoms with Gasteiger partial charge in [-0.25, -0.2) is 4.39 Å². The minimum absolute atomic E-state index is 0.0393. The van der Waals surface area contributed by atoms with E-state index in [9.17, 15) is 9.18 Å². The zero-order chi connectivity index (χ0) is 18.5. The third kappa shape index (κ3) is 4.56. The molecule has 0 aliphatic rings. The molecule has 0 aromatic heterocycles. The number of nitrogen functional groups attached to an aromatic ring is 1. The Hall–Kier alpha value is -2.50. The molecular formula is C20H16ClFN2OS. The number of nitrogens with two attached hydrogens (primary N) is 1. The summed E-state index contributed by atoms with van der Waals surface area (Å²) in [5.41, 5.74) is 7.76. The van der Waals surface area contributed by atoms with Gasteiger partial charge in [-0.2, -0.15) is 0 Å². The third-order valence-corrected chi connectivity index (χ3v) is 5.18. The molecule has 132 valence electrons. The smallest absolute Gasteiger partial charge is 0.242 e. The molecule has 3 rings (SSSR count). The van der Waals surface area contributed by atoms with E-state index in [2.05, 4.69) is 5.32 Å².